The highest BCUT2D eigenvalue weighted by Crippen LogP contribution is 2.26. The highest BCUT2D eigenvalue weighted by molar-refractivity contribution is 9.09. The average Bonchev–Trinajstić information content (AvgIpc) is 1.60. The van der Waals surface area contributed by atoms with E-state index < -0.39 is 0 Å². The summed E-state index contributed by atoms with van der Waals surface area (Å²) in [5.41, 5.74) is -0.0360. The van der Waals surface area contributed by atoms with Crippen molar-refractivity contribution < 1.29 is 9.53 Å². The molecule has 0 saturated heterocycles. The third-order valence-corrected chi connectivity index (χ3v) is 2.51. The average molecular weight is 209 g/mol. The van der Waals surface area contributed by atoms with Crippen LogP contribution in [-0.2, 0) is 9.53 Å². The molecule has 1 unspecified atom stereocenters. The summed E-state index contributed by atoms with van der Waals surface area (Å²) in [7, 11) is 0. The van der Waals surface area contributed by atoms with Crippen molar-refractivity contribution in [2.24, 2.45) is 5.41 Å². The zero-order valence-electron chi connectivity index (χ0n) is 6.77. The van der Waals surface area contributed by atoms with Gasteiger partial charge in [-0.25, -0.2) is 0 Å². The number of hydrogen-bond donors (Lipinski definition) is 0. The topological polar surface area (TPSA) is 26.3 Å². The van der Waals surface area contributed by atoms with Crippen LogP contribution < -0.4 is 0 Å². The molecule has 0 spiro atoms. The first kappa shape index (κ1) is 9.95. The lowest BCUT2D eigenvalue weighted by molar-refractivity contribution is -0.145. The first-order valence-electron chi connectivity index (χ1n) is 3.15. The summed E-state index contributed by atoms with van der Waals surface area (Å²) in [6, 6.07) is 0. The van der Waals surface area contributed by atoms with E-state index in [4.69, 9.17) is 4.74 Å². The van der Waals surface area contributed by atoms with Crippen molar-refractivity contribution in [2.75, 3.05) is 0 Å². The Balaban J connectivity index is 3.85. The second-order valence-corrected chi connectivity index (χ2v) is 4.12. The van der Waals surface area contributed by atoms with E-state index in [0.29, 0.717) is 0 Å². The van der Waals surface area contributed by atoms with Crippen LogP contribution in [0.4, 0.5) is 0 Å². The Morgan fingerprint density at radius 2 is 1.90 bits per heavy atom. The molecular weight excluding hydrogens is 196 g/mol. The van der Waals surface area contributed by atoms with Gasteiger partial charge in [-0.05, 0) is 15.9 Å². The van der Waals surface area contributed by atoms with Crippen LogP contribution in [0, 0.1) is 5.41 Å². The van der Waals surface area contributed by atoms with Crippen molar-refractivity contribution in [2.45, 2.75) is 32.7 Å². The fraction of sp³-hybridized carbons (Fsp3) is 0.857. The van der Waals surface area contributed by atoms with Gasteiger partial charge in [0, 0.05) is 12.3 Å². The minimum Gasteiger partial charge on any atom is -0.450 e. The zero-order chi connectivity index (χ0) is 8.36. The maximum atomic E-state index is 10.4. The van der Waals surface area contributed by atoms with Gasteiger partial charge in [0.05, 0.1) is 0 Å². The maximum absolute atomic E-state index is 10.4. The van der Waals surface area contributed by atoms with E-state index in [-0.39, 0.29) is 16.4 Å². The minimum absolute atomic E-state index is 0.0360. The molecule has 0 fully saturated rings. The van der Waals surface area contributed by atoms with E-state index in [0.717, 1.165) is 0 Å². The van der Waals surface area contributed by atoms with Crippen LogP contribution in [0.2, 0.25) is 0 Å². The number of carbonyl (C=O) groups excluding carboxylic acids is 1. The Morgan fingerprint density at radius 1 is 1.50 bits per heavy atom. The molecule has 0 aliphatic carbocycles. The molecule has 0 heterocycles. The molecule has 0 radical (unpaired) electrons. The Labute approximate surface area is 70.1 Å². The van der Waals surface area contributed by atoms with Gasteiger partial charge in [-0.1, -0.05) is 20.8 Å². The molecular formula is C7H13BrO2. The van der Waals surface area contributed by atoms with Crippen molar-refractivity contribution in [1.82, 2.24) is 0 Å². The van der Waals surface area contributed by atoms with Gasteiger partial charge in [-0.2, -0.15) is 0 Å². The Hall–Kier alpha value is -0.0500. The second-order valence-electron chi connectivity index (χ2n) is 3.29. The number of carbonyl (C=O) groups is 1. The van der Waals surface area contributed by atoms with Gasteiger partial charge >= 0.3 is 5.97 Å². The number of alkyl halides is 1. The van der Waals surface area contributed by atoms with Crippen LogP contribution in [0.5, 0.6) is 0 Å². The van der Waals surface area contributed by atoms with Crippen LogP contribution >= 0.6 is 15.9 Å². The first-order chi connectivity index (χ1) is 4.34. The SMILES string of the molecule is CC(=O)OC(Br)C(C)(C)C. The lowest BCUT2D eigenvalue weighted by Gasteiger charge is -2.24. The monoisotopic (exact) mass is 208 g/mol. The highest BCUT2D eigenvalue weighted by atomic mass is 79.9. The fourth-order valence-electron chi connectivity index (χ4n) is 0.322. The lowest BCUT2D eigenvalue weighted by atomic mass is 9.99. The Kier molecular flexibility index (Phi) is 3.36. The van der Waals surface area contributed by atoms with Crippen molar-refractivity contribution in [3.8, 4) is 0 Å². The van der Waals surface area contributed by atoms with Crippen LogP contribution in [0.15, 0.2) is 0 Å². The van der Waals surface area contributed by atoms with E-state index in [1.165, 1.54) is 6.92 Å². The molecule has 0 aliphatic rings. The first-order valence-corrected chi connectivity index (χ1v) is 4.07. The summed E-state index contributed by atoms with van der Waals surface area (Å²) in [5.74, 6) is -0.253. The molecule has 0 saturated carbocycles. The van der Waals surface area contributed by atoms with Gasteiger partial charge in [-0.3, -0.25) is 4.79 Å². The van der Waals surface area contributed by atoms with E-state index >= 15 is 0 Å². The number of hydrogen-bond acceptors (Lipinski definition) is 2. The maximum Gasteiger partial charge on any atom is 0.303 e. The summed E-state index contributed by atoms with van der Waals surface area (Å²) in [5, 5.41) is -0.197. The molecule has 3 heteroatoms. The van der Waals surface area contributed by atoms with Crippen molar-refractivity contribution in [1.29, 1.82) is 0 Å². The van der Waals surface area contributed by atoms with Crippen molar-refractivity contribution in [3.05, 3.63) is 0 Å². The number of ether oxygens (including phenoxy) is 1. The van der Waals surface area contributed by atoms with Crippen LogP contribution in [-0.4, -0.2) is 11.0 Å². The number of halogens is 1. The molecule has 2 nitrogen and oxygen atoms in total. The summed E-state index contributed by atoms with van der Waals surface area (Å²) in [6.45, 7) is 7.39. The fourth-order valence-corrected chi connectivity index (χ4v) is 0.586. The van der Waals surface area contributed by atoms with Crippen molar-refractivity contribution in [3.63, 3.8) is 0 Å². The number of rotatable bonds is 1. The van der Waals surface area contributed by atoms with Crippen LogP contribution in [0.3, 0.4) is 0 Å². The molecule has 0 amide bonds. The lowest BCUT2D eigenvalue weighted by Crippen LogP contribution is -2.24. The van der Waals surface area contributed by atoms with E-state index in [2.05, 4.69) is 15.9 Å². The van der Waals surface area contributed by atoms with Gasteiger partial charge in [0.2, 0.25) is 0 Å². The molecule has 0 aromatic heterocycles. The molecule has 0 bridgehead atoms. The molecule has 0 aromatic carbocycles. The van der Waals surface area contributed by atoms with Gasteiger partial charge in [-0.15, -0.1) is 0 Å². The van der Waals surface area contributed by atoms with Gasteiger partial charge in [0.25, 0.3) is 0 Å². The predicted molar refractivity (Wildman–Crippen MR) is 43.9 cm³/mol. The van der Waals surface area contributed by atoms with Gasteiger partial charge in [0.1, 0.15) is 0 Å². The largest absolute Gasteiger partial charge is 0.450 e. The molecule has 0 rings (SSSR count). The van der Waals surface area contributed by atoms with E-state index in [9.17, 15) is 4.79 Å². The molecule has 60 valence electrons. The van der Waals surface area contributed by atoms with E-state index in [1.54, 1.807) is 0 Å². The van der Waals surface area contributed by atoms with Crippen LogP contribution in [0.1, 0.15) is 27.7 Å². The van der Waals surface area contributed by atoms with E-state index in [1.807, 2.05) is 20.8 Å². The Bertz CT molecular complexity index is 126. The minimum atomic E-state index is -0.253. The van der Waals surface area contributed by atoms with Crippen LogP contribution in [0.25, 0.3) is 0 Å². The Morgan fingerprint density at radius 3 is 2.00 bits per heavy atom. The molecule has 1 atom stereocenters. The zero-order valence-corrected chi connectivity index (χ0v) is 8.36. The summed E-state index contributed by atoms with van der Waals surface area (Å²) in [6.07, 6.45) is 0. The third-order valence-electron chi connectivity index (χ3n) is 0.950. The quantitative estimate of drug-likeness (QED) is 0.489. The van der Waals surface area contributed by atoms with Gasteiger partial charge < -0.3 is 4.74 Å². The standard InChI is InChI=1S/C7H13BrO2/c1-5(9)10-6(8)7(2,3)4/h6H,1-4H3. The highest BCUT2D eigenvalue weighted by Gasteiger charge is 2.23. The summed E-state index contributed by atoms with van der Waals surface area (Å²) < 4.78 is 4.89. The van der Waals surface area contributed by atoms with Crippen molar-refractivity contribution >= 4 is 21.9 Å². The van der Waals surface area contributed by atoms with Gasteiger partial charge in [0.15, 0.2) is 5.01 Å². The molecule has 0 N–H and O–H groups in total. The molecule has 10 heavy (non-hydrogen) atoms. The predicted octanol–water partition coefficient (Wildman–Crippen LogP) is 2.32. The third kappa shape index (κ3) is 3.88. The second kappa shape index (κ2) is 3.37. The normalized spacial score (nSPS) is 14.5. The molecule has 0 aliphatic heterocycles. The number of esters is 1. The summed E-state index contributed by atoms with van der Waals surface area (Å²) in [4.78, 5) is 10.4. The molecule has 0 aromatic rings. The summed E-state index contributed by atoms with van der Waals surface area (Å²) >= 11 is 3.26. The smallest absolute Gasteiger partial charge is 0.303 e.